The van der Waals surface area contributed by atoms with E-state index in [1.807, 2.05) is 12.1 Å². The Balaban J connectivity index is 1.82. The molecule has 0 unspecified atom stereocenters. The highest BCUT2D eigenvalue weighted by Gasteiger charge is 2.09. The topological polar surface area (TPSA) is 55.1 Å². The minimum atomic E-state index is 0.350. The molecule has 0 aliphatic heterocycles. The molecular weight excluding hydrogens is 390 g/mol. The molecule has 0 saturated heterocycles. The summed E-state index contributed by atoms with van der Waals surface area (Å²) in [5, 5.41) is 12.2. The zero-order chi connectivity index (χ0) is 17.1. The number of nitrogens with zero attached hydrogens (tertiary/aromatic N) is 4. The van der Waals surface area contributed by atoms with Crippen molar-refractivity contribution in [3.8, 4) is 5.69 Å². The van der Waals surface area contributed by atoms with Crippen LogP contribution >= 0.6 is 27.5 Å². The molecule has 24 heavy (non-hydrogen) atoms. The lowest BCUT2D eigenvalue weighted by Crippen LogP contribution is -2.00. The van der Waals surface area contributed by atoms with Crippen molar-refractivity contribution in [1.82, 2.24) is 14.8 Å². The van der Waals surface area contributed by atoms with Gasteiger partial charge in [0, 0.05) is 27.1 Å². The first-order chi connectivity index (χ1) is 11.5. The number of hydrogen-bond donors (Lipinski definition) is 1. The third-order valence-electron chi connectivity index (χ3n) is 3.57. The van der Waals surface area contributed by atoms with Crippen molar-refractivity contribution in [3.63, 3.8) is 0 Å². The maximum atomic E-state index is 5.71. The monoisotopic (exact) mass is 403 g/mol. The number of aromatic nitrogens is 3. The van der Waals surface area contributed by atoms with Gasteiger partial charge in [-0.1, -0.05) is 27.5 Å². The van der Waals surface area contributed by atoms with Gasteiger partial charge in [0.25, 0.3) is 0 Å². The average molecular weight is 405 g/mol. The van der Waals surface area contributed by atoms with Gasteiger partial charge < -0.3 is 4.57 Å². The molecule has 0 aliphatic carbocycles. The molecule has 2 aromatic heterocycles. The van der Waals surface area contributed by atoms with E-state index in [0.29, 0.717) is 11.0 Å². The molecule has 0 radical (unpaired) electrons. The van der Waals surface area contributed by atoms with E-state index in [9.17, 15) is 0 Å². The van der Waals surface area contributed by atoms with E-state index in [1.54, 1.807) is 18.3 Å². The Labute approximate surface area is 153 Å². The molecule has 0 aliphatic rings. The first-order valence-electron chi connectivity index (χ1n) is 7.28. The van der Waals surface area contributed by atoms with Crippen molar-refractivity contribution in [2.24, 2.45) is 5.10 Å². The van der Waals surface area contributed by atoms with Gasteiger partial charge in [-0.25, -0.2) is 0 Å². The van der Waals surface area contributed by atoms with E-state index in [-0.39, 0.29) is 0 Å². The third-order valence-corrected chi connectivity index (χ3v) is 4.30. The lowest BCUT2D eigenvalue weighted by Gasteiger charge is -2.09. The standard InChI is InChI=1S/C17H15BrClN5/c1-11-9-13(10-20-22-17-8-7-16(19)21-23-17)12(2)24(11)15-5-3-14(18)4-6-15/h3-10H,1-2H3,(H,22,23)/b20-10+. The van der Waals surface area contributed by atoms with Gasteiger partial charge in [-0.05, 0) is 56.3 Å². The molecule has 3 rings (SSSR count). The van der Waals surface area contributed by atoms with Crippen LogP contribution in [0, 0.1) is 13.8 Å². The molecule has 0 bridgehead atoms. The predicted octanol–water partition coefficient (Wildman–Crippen LogP) is 4.75. The minimum Gasteiger partial charge on any atom is -0.318 e. The number of nitrogens with one attached hydrogen (secondary N) is 1. The molecular formula is C17H15BrClN5. The highest BCUT2D eigenvalue weighted by molar-refractivity contribution is 9.10. The summed E-state index contributed by atoms with van der Waals surface area (Å²) < 4.78 is 3.25. The molecule has 5 nitrogen and oxygen atoms in total. The van der Waals surface area contributed by atoms with Gasteiger partial charge >= 0.3 is 0 Å². The number of rotatable bonds is 4. The van der Waals surface area contributed by atoms with Crippen LogP contribution in [0.3, 0.4) is 0 Å². The average Bonchev–Trinajstić information content (AvgIpc) is 2.85. The summed E-state index contributed by atoms with van der Waals surface area (Å²) in [6.07, 6.45) is 1.77. The van der Waals surface area contributed by atoms with Crippen LogP contribution in [0.25, 0.3) is 5.69 Å². The second-order valence-electron chi connectivity index (χ2n) is 5.25. The Morgan fingerprint density at radius 3 is 2.54 bits per heavy atom. The summed E-state index contributed by atoms with van der Waals surface area (Å²) in [6.45, 7) is 4.14. The van der Waals surface area contributed by atoms with Crippen molar-refractivity contribution < 1.29 is 0 Å². The van der Waals surface area contributed by atoms with E-state index in [2.05, 4.69) is 73.3 Å². The van der Waals surface area contributed by atoms with Crippen LogP contribution < -0.4 is 5.43 Å². The van der Waals surface area contributed by atoms with Crippen LogP contribution in [0.2, 0.25) is 5.15 Å². The molecule has 0 amide bonds. The zero-order valence-electron chi connectivity index (χ0n) is 13.2. The first kappa shape index (κ1) is 16.7. The van der Waals surface area contributed by atoms with Gasteiger partial charge in [0.15, 0.2) is 11.0 Å². The normalized spacial score (nSPS) is 11.2. The SMILES string of the molecule is Cc1cc(/C=N/Nc2ccc(Cl)nn2)c(C)n1-c1ccc(Br)cc1. The highest BCUT2D eigenvalue weighted by Crippen LogP contribution is 2.21. The summed E-state index contributed by atoms with van der Waals surface area (Å²) in [7, 11) is 0. The molecule has 122 valence electrons. The largest absolute Gasteiger partial charge is 0.318 e. The summed E-state index contributed by atoms with van der Waals surface area (Å²) in [6, 6.07) is 13.7. The molecule has 0 spiro atoms. The Morgan fingerprint density at radius 1 is 1.12 bits per heavy atom. The smallest absolute Gasteiger partial charge is 0.168 e. The molecule has 0 atom stereocenters. The molecule has 0 fully saturated rings. The number of anilines is 1. The van der Waals surface area contributed by atoms with Gasteiger partial charge in [0.1, 0.15) is 0 Å². The van der Waals surface area contributed by atoms with Crippen molar-refractivity contribution in [2.75, 3.05) is 5.43 Å². The molecule has 1 aromatic carbocycles. The maximum absolute atomic E-state index is 5.71. The van der Waals surface area contributed by atoms with Gasteiger partial charge in [-0.2, -0.15) is 5.10 Å². The van der Waals surface area contributed by atoms with E-state index in [0.717, 1.165) is 27.1 Å². The van der Waals surface area contributed by atoms with Gasteiger partial charge in [-0.3, -0.25) is 5.43 Å². The Kier molecular flexibility index (Phi) is 4.97. The maximum Gasteiger partial charge on any atom is 0.168 e. The number of halogens is 2. The van der Waals surface area contributed by atoms with Crippen LogP contribution in [0.1, 0.15) is 17.0 Å². The molecule has 0 saturated carbocycles. The Morgan fingerprint density at radius 2 is 1.88 bits per heavy atom. The summed E-state index contributed by atoms with van der Waals surface area (Å²) in [5.41, 5.74) is 7.25. The quantitative estimate of drug-likeness (QED) is 0.504. The second kappa shape index (κ2) is 7.15. The fourth-order valence-corrected chi connectivity index (χ4v) is 2.81. The second-order valence-corrected chi connectivity index (χ2v) is 6.55. The fourth-order valence-electron chi connectivity index (χ4n) is 2.45. The Bertz CT molecular complexity index is 869. The van der Waals surface area contributed by atoms with Crippen molar-refractivity contribution in [1.29, 1.82) is 0 Å². The van der Waals surface area contributed by atoms with Crippen LogP contribution in [0.15, 0.2) is 52.0 Å². The minimum absolute atomic E-state index is 0.350. The van der Waals surface area contributed by atoms with Gasteiger partial charge in [0.05, 0.1) is 6.21 Å². The fraction of sp³-hybridized carbons (Fsp3) is 0.118. The molecule has 1 N–H and O–H groups in total. The van der Waals surface area contributed by atoms with E-state index in [1.165, 1.54) is 0 Å². The predicted molar refractivity (Wildman–Crippen MR) is 101 cm³/mol. The summed E-state index contributed by atoms with van der Waals surface area (Å²) in [4.78, 5) is 0. The number of aryl methyl sites for hydroxylation is 1. The molecule has 3 aromatic rings. The lowest BCUT2D eigenvalue weighted by molar-refractivity contribution is 0.964. The lowest BCUT2D eigenvalue weighted by atomic mass is 10.2. The van der Waals surface area contributed by atoms with Crippen LogP contribution in [-0.4, -0.2) is 21.0 Å². The highest BCUT2D eigenvalue weighted by atomic mass is 79.9. The number of benzene rings is 1. The molecule has 7 heteroatoms. The van der Waals surface area contributed by atoms with Crippen molar-refractivity contribution in [3.05, 3.63) is 69.0 Å². The van der Waals surface area contributed by atoms with E-state index < -0.39 is 0 Å². The van der Waals surface area contributed by atoms with Gasteiger partial charge in [0.2, 0.25) is 0 Å². The third kappa shape index (κ3) is 3.66. The van der Waals surface area contributed by atoms with Crippen LogP contribution in [0.4, 0.5) is 5.82 Å². The van der Waals surface area contributed by atoms with Gasteiger partial charge in [-0.15, -0.1) is 10.2 Å². The van der Waals surface area contributed by atoms with Crippen molar-refractivity contribution >= 4 is 39.6 Å². The number of hydrogen-bond acceptors (Lipinski definition) is 4. The van der Waals surface area contributed by atoms with E-state index >= 15 is 0 Å². The summed E-state index contributed by atoms with van der Waals surface area (Å²) in [5.74, 6) is 0.539. The molecule has 2 heterocycles. The van der Waals surface area contributed by atoms with E-state index in [4.69, 9.17) is 11.6 Å². The van der Waals surface area contributed by atoms with Crippen LogP contribution in [-0.2, 0) is 0 Å². The number of hydrazone groups is 1. The Hall–Kier alpha value is -2.18. The van der Waals surface area contributed by atoms with Crippen molar-refractivity contribution in [2.45, 2.75) is 13.8 Å². The zero-order valence-corrected chi connectivity index (χ0v) is 15.5. The van der Waals surface area contributed by atoms with Crippen LogP contribution in [0.5, 0.6) is 0 Å². The first-order valence-corrected chi connectivity index (χ1v) is 8.45. The summed E-state index contributed by atoms with van der Waals surface area (Å²) >= 11 is 9.17.